The number of ether oxygens (including phenoxy) is 1. The van der Waals surface area contributed by atoms with Gasteiger partial charge in [0.15, 0.2) is 0 Å². The first kappa shape index (κ1) is 11.0. The van der Waals surface area contributed by atoms with Gasteiger partial charge in [-0.25, -0.2) is 0 Å². The molecule has 0 aromatic heterocycles. The van der Waals surface area contributed by atoms with Crippen LogP contribution < -0.4 is 0 Å². The van der Waals surface area contributed by atoms with Gasteiger partial charge in [-0.15, -0.1) is 0 Å². The first-order chi connectivity index (χ1) is 6.16. The van der Waals surface area contributed by atoms with Crippen LogP contribution in [0, 0.1) is 0 Å². The van der Waals surface area contributed by atoms with Gasteiger partial charge in [-0.2, -0.15) is 0 Å². The Morgan fingerprint density at radius 3 is 2.38 bits per heavy atom. The Labute approximate surface area is 82.3 Å². The van der Waals surface area contributed by atoms with Crippen molar-refractivity contribution < 1.29 is 4.74 Å². The van der Waals surface area contributed by atoms with E-state index in [4.69, 9.17) is 4.74 Å². The Morgan fingerprint density at radius 1 is 1.23 bits per heavy atom. The topological polar surface area (TPSA) is 12.5 Å². The van der Waals surface area contributed by atoms with Gasteiger partial charge in [-0.05, 0) is 33.7 Å². The molecule has 78 valence electrons. The highest BCUT2D eigenvalue weighted by Crippen LogP contribution is 2.25. The third kappa shape index (κ3) is 2.68. The zero-order valence-electron chi connectivity index (χ0n) is 9.42. The average Bonchev–Trinajstić information content (AvgIpc) is 2.16. The molecule has 1 fully saturated rings. The predicted octanol–water partition coefficient (Wildman–Crippen LogP) is 2.28. The standard InChI is InChI=1S/C11H23NO/c1-9(2)12(3)10-7-5-6-8-11(10)13-4/h9-11H,5-8H2,1-4H3. The van der Waals surface area contributed by atoms with Crippen LogP contribution in [0.1, 0.15) is 39.5 Å². The summed E-state index contributed by atoms with van der Waals surface area (Å²) in [6, 6.07) is 1.26. The summed E-state index contributed by atoms with van der Waals surface area (Å²) in [6.45, 7) is 4.50. The van der Waals surface area contributed by atoms with Gasteiger partial charge in [0.1, 0.15) is 0 Å². The van der Waals surface area contributed by atoms with E-state index in [0.29, 0.717) is 18.2 Å². The molecule has 1 aliphatic carbocycles. The van der Waals surface area contributed by atoms with Crippen LogP contribution in [0.15, 0.2) is 0 Å². The van der Waals surface area contributed by atoms with E-state index in [9.17, 15) is 0 Å². The number of rotatable bonds is 3. The lowest BCUT2D eigenvalue weighted by Gasteiger charge is -2.39. The van der Waals surface area contributed by atoms with Gasteiger partial charge in [0.05, 0.1) is 6.10 Å². The molecule has 0 aromatic carbocycles. The highest BCUT2D eigenvalue weighted by Gasteiger charge is 2.28. The van der Waals surface area contributed by atoms with E-state index in [-0.39, 0.29) is 0 Å². The molecule has 2 nitrogen and oxygen atoms in total. The quantitative estimate of drug-likeness (QED) is 0.669. The van der Waals surface area contributed by atoms with Crippen LogP contribution in [0.4, 0.5) is 0 Å². The largest absolute Gasteiger partial charge is 0.380 e. The summed E-state index contributed by atoms with van der Waals surface area (Å²) in [6.07, 6.45) is 5.69. The molecule has 2 heteroatoms. The van der Waals surface area contributed by atoms with E-state index in [2.05, 4.69) is 25.8 Å². The van der Waals surface area contributed by atoms with Gasteiger partial charge in [0, 0.05) is 19.2 Å². The summed E-state index contributed by atoms with van der Waals surface area (Å²) in [4.78, 5) is 2.45. The second-order valence-corrected chi connectivity index (χ2v) is 4.39. The fourth-order valence-electron chi connectivity index (χ4n) is 2.20. The third-order valence-electron chi connectivity index (χ3n) is 3.31. The minimum absolute atomic E-state index is 0.459. The molecular weight excluding hydrogens is 162 g/mol. The van der Waals surface area contributed by atoms with Crippen molar-refractivity contribution in [2.75, 3.05) is 14.2 Å². The minimum Gasteiger partial charge on any atom is -0.380 e. The van der Waals surface area contributed by atoms with Gasteiger partial charge < -0.3 is 4.74 Å². The number of methoxy groups -OCH3 is 1. The van der Waals surface area contributed by atoms with Crippen LogP contribution >= 0.6 is 0 Å². The Hall–Kier alpha value is -0.0800. The molecule has 1 rings (SSSR count). The first-order valence-electron chi connectivity index (χ1n) is 5.41. The fourth-order valence-corrected chi connectivity index (χ4v) is 2.20. The Kier molecular flexibility index (Phi) is 4.20. The Balaban J connectivity index is 2.53. The van der Waals surface area contributed by atoms with Crippen LogP contribution in [-0.2, 0) is 4.74 Å². The molecule has 0 aliphatic heterocycles. The fraction of sp³-hybridized carbons (Fsp3) is 1.00. The zero-order chi connectivity index (χ0) is 9.84. The van der Waals surface area contributed by atoms with E-state index < -0.39 is 0 Å². The molecule has 0 heterocycles. The Morgan fingerprint density at radius 2 is 1.85 bits per heavy atom. The molecule has 0 aromatic rings. The van der Waals surface area contributed by atoms with Gasteiger partial charge in [-0.1, -0.05) is 12.8 Å². The van der Waals surface area contributed by atoms with E-state index >= 15 is 0 Å². The highest BCUT2D eigenvalue weighted by molar-refractivity contribution is 4.83. The van der Waals surface area contributed by atoms with Crippen LogP contribution in [-0.4, -0.2) is 37.2 Å². The maximum absolute atomic E-state index is 5.53. The predicted molar refractivity (Wildman–Crippen MR) is 56.0 cm³/mol. The molecule has 0 bridgehead atoms. The number of likely N-dealkylation sites (N-methyl/N-ethyl adjacent to an activating group) is 1. The second kappa shape index (κ2) is 4.97. The summed E-state index contributed by atoms with van der Waals surface area (Å²) in [5.74, 6) is 0. The molecule has 2 unspecified atom stereocenters. The van der Waals surface area contributed by atoms with Crippen LogP contribution in [0.25, 0.3) is 0 Å². The lowest BCUT2D eigenvalue weighted by molar-refractivity contribution is -0.0115. The summed E-state index contributed by atoms with van der Waals surface area (Å²) in [5.41, 5.74) is 0. The number of hydrogen-bond donors (Lipinski definition) is 0. The maximum Gasteiger partial charge on any atom is 0.0726 e. The normalized spacial score (nSPS) is 30.0. The lowest BCUT2D eigenvalue weighted by atomic mass is 9.91. The zero-order valence-corrected chi connectivity index (χ0v) is 9.42. The van der Waals surface area contributed by atoms with Crippen molar-refractivity contribution >= 4 is 0 Å². The van der Waals surface area contributed by atoms with Crippen LogP contribution in [0.2, 0.25) is 0 Å². The van der Waals surface area contributed by atoms with Gasteiger partial charge in [0.2, 0.25) is 0 Å². The molecule has 0 radical (unpaired) electrons. The van der Waals surface area contributed by atoms with Gasteiger partial charge in [-0.3, -0.25) is 4.90 Å². The smallest absolute Gasteiger partial charge is 0.0726 e. The van der Waals surface area contributed by atoms with Crippen molar-refractivity contribution in [3.05, 3.63) is 0 Å². The van der Waals surface area contributed by atoms with Crippen molar-refractivity contribution in [2.45, 2.75) is 57.7 Å². The molecule has 0 N–H and O–H groups in total. The van der Waals surface area contributed by atoms with Crippen molar-refractivity contribution in [1.29, 1.82) is 0 Å². The maximum atomic E-state index is 5.53. The van der Waals surface area contributed by atoms with Crippen LogP contribution in [0.3, 0.4) is 0 Å². The number of nitrogens with zero attached hydrogens (tertiary/aromatic N) is 1. The summed E-state index contributed by atoms with van der Waals surface area (Å²) in [5, 5.41) is 0. The van der Waals surface area contributed by atoms with Crippen molar-refractivity contribution in [3.8, 4) is 0 Å². The van der Waals surface area contributed by atoms with Crippen molar-refractivity contribution in [2.24, 2.45) is 0 Å². The van der Waals surface area contributed by atoms with E-state index in [1.165, 1.54) is 25.7 Å². The third-order valence-corrected chi connectivity index (χ3v) is 3.31. The average molecular weight is 185 g/mol. The molecule has 0 spiro atoms. The molecule has 1 aliphatic rings. The summed E-state index contributed by atoms with van der Waals surface area (Å²) >= 11 is 0. The highest BCUT2D eigenvalue weighted by atomic mass is 16.5. The summed E-state index contributed by atoms with van der Waals surface area (Å²) in [7, 11) is 4.06. The second-order valence-electron chi connectivity index (χ2n) is 4.39. The van der Waals surface area contributed by atoms with Gasteiger partial charge >= 0.3 is 0 Å². The van der Waals surface area contributed by atoms with E-state index in [1.807, 2.05) is 7.11 Å². The SMILES string of the molecule is COC1CCCCC1N(C)C(C)C. The molecule has 1 saturated carbocycles. The summed E-state index contributed by atoms with van der Waals surface area (Å²) < 4.78 is 5.53. The molecule has 13 heavy (non-hydrogen) atoms. The van der Waals surface area contributed by atoms with Gasteiger partial charge in [0.25, 0.3) is 0 Å². The molecular formula is C11H23NO. The minimum atomic E-state index is 0.459. The molecule has 2 atom stereocenters. The Bertz CT molecular complexity index is 145. The molecule has 0 saturated heterocycles. The lowest BCUT2D eigenvalue weighted by Crippen LogP contribution is -2.47. The number of hydrogen-bond acceptors (Lipinski definition) is 2. The molecule has 0 amide bonds. The van der Waals surface area contributed by atoms with Crippen LogP contribution in [0.5, 0.6) is 0 Å². The van der Waals surface area contributed by atoms with Crippen molar-refractivity contribution in [3.63, 3.8) is 0 Å². The van der Waals surface area contributed by atoms with Crippen molar-refractivity contribution in [1.82, 2.24) is 4.90 Å². The monoisotopic (exact) mass is 185 g/mol. The van der Waals surface area contributed by atoms with E-state index in [1.54, 1.807) is 0 Å². The van der Waals surface area contributed by atoms with E-state index in [0.717, 1.165) is 0 Å². The first-order valence-corrected chi connectivity index (χ1v) is 5.41.